The summed E-state index contributed by atoms with van der Waals surface area (Å²) in [5.74, 6) is 0.619. The highest BCUT2D eigenvalue weighted by atomic mass is 15.2. The molecule has 1 aromatic carbocycles. The van der Waals surface area contributed by atoms with Crippen LogP contribution >= 0.6 is 0 Å². The predicted molar refractivity (Wildman–Crippen MR) is 135 cm³/mol. The molecule has 0 unspecified atom stereocenters. The van der Waals surface area contributed by atoms with Crippen LogP contribution in [0.5, 0.6) is 0 Å². The van der Waals surface area contributed by atoms with Crippen LogP contribution < -0.4 is 10.6 Å². The molecule has 5 heteroatoms. The number of aromatic nitrogens is 1. The number of pyridine rings is 1. The van der Waals surface area contributed by atoms with E-state index in [1.807, 2.05) is 13.8 Å². The van der Waals surface area contributed by atoms with Gasteiger partial charge in [0.15, 0.2) is 0 Å². The van der Waals surface area contributed by atoms with Crippen LogP contribution in [-0.2, 0) is 0 Å². The van der Waals surface area contributed by atoms with Gasteiger partial charge in [-0.15, -0.1) is 0 Å². The number of nitriles is 2. The van der Waals surface area contributed by atoms with Crippen LogP contribution in [0, 0.1) is 29.6 Å². The number of fused-ring (bicyclic) bond motifs is 2. The molecule has 2 heterocycles. The van der Waals surface area contributed by atoms with Crippen molar-refractivity contribution in [3.05, 3.63) is 57.3 Å². The third-order valence-corrected chi connectivity index (χ3v) is 7.11. The van der Waals surface area contributed by atoms with E-state index in [0.29, 0.717) is 28.8 Å². The van der Waals surface area contributed by atoms with Gasteiger partial charge < -0.3 is 10.6 Å². The molecule has 0 spiro atoms. The molecular weight excluding hydrogens is 406 g/mol. The molecule has 4 rings (SSSR count). The van der Waals surface area contributed by atoms with E-state index >= 15 is 0 Å². The third kappa shape index (κ3) is 3.40. The van der Waals surface area contributed by atoms with Gasteiger partial charge in [0.25, 0.3) is 0 Å². The van der Waals surface area contributed by atoms with Crippen molar-refractivity contribution in [3.8, 4) is 12.1 Å². The average Bonchev–Trinajstić information content (AvgIpc) is 2.98. The Bertz CT molecular complexity index is 1310. The summed E-state index contributed by atoms with van der Waals surface area (Å²) in [6.07, 6.45) is 3.21. The minimum atomic E-state index is 0.0996. The molecular formula is C28H31N5. The van der Waals surface area contributed by atoms with Gasteiger partial charge in [-0.1, -0.05) is 13.0 Å². The molecule has 33 heavy (non-hydrogen) atoms. The van der Waals surface area contributed by atoms with Gasteiger partial charge in [0.2, 0.25) is 0 Å². The average molecular weight is 438 g/mol. The van der Waals surface area contributed by atoms with Crippen LogP contribution in [0.2, 0.25) is 0 Å². The van der Waals surface area contributed by atoms with E-state index in [2.05, 4.69) is 80.9 Å². The topological polar surface area (TPSA) is 89.7 Å². The Hall–Kier alpha value is -3.57. The van der Waals surface area contributed by atoms with Crippen molar-refractivity contribution in [1.29, 1.82) is 10.5 Å². The van der Waals surface area contributed by atoms with E-state index in [-0.39, 0.29) is 11.4 Å². The predicted octanol–water partition coefficient (Wildman–Crippen LogP) is 6.20. The summed E-state index contributed by atoms with van der Waals surface area (Å²) in [7, 11) is 0. The zero-order valence-corrected chi connectivity index (χ0v) is 20.5. The van der Waals surface area contributed by atoms with Crippen LogP contribution in [-0.4, -0.2) is 16.6 Å². The van der Waals surface area contributed by atoms with Crippen molar-refractivity contribution >= 4 is 28.7 Å². The van der Waals surface area contributed by atoms with Crippen LogP contribution in [0.1, 0.15) is 87.4 Å². The lowest BCUT2D eigenvalue weighted by molar-refractivity contribution is 0.356. The van der Waals surface area contributed by atoms with Crippen molar-refractivity contribution in [3.63, 3.8) is 0 Å². The van der Waals surface area contributed by atoms with E-state index < -0.39 is 0 Å². The summed E-state index contributed by atoms with van der Waals surface area (Å²) in [6.45, 7) is 15.3. The molecule has 0 amide bonds. The number of hydrogen-bond acceptors (Lipinski definition) is 5. The molecule has 1 aliphatic carbocycles. The number of anilines is 2. The highest BCUT2D eigenvalue weighted by molar-refractivity contribution is 6.08. The van der Waals surface area contributed by atoms with Crippen LogP contribution in [0.4, 0.5) is 11.5 Å². The molecule has 1 atom stereocenters. The molecule has 5 nitrogen and oxygen atoms in total. The number of hydrogen-bond donors (Lipinski definition) is 1. The van der Waals surface area contributed by atoms with E-state index in [4.69, 9.17) is 5.73 Å². The highest BCUT2D eigenvalue weighted by Gasteiger charge is 2.37. The van der Waals surface area contributed by atoms with Gasteiger partial charge in [-0.2, -0.15) is 10.5 Å². The zero-order chi connectivity index (χ0) is 24.2. The van der Waals surface area contributed by atoms with Crippen LogP contribution in [0.3, 0.4) is 0 Å². The van der Waals surface area contributed by atoms with E-state index in [0.717, 1.165) is 34.3 Å². The summed E-state index contributed by atoms with van der Waals surface area (Å²) >= 11 is 0. The first-order valence-electron chi connectivity index (χ1n) is 11.5. The largest absolute Gasteiger partial charge is 0.383 e. The Morgan fingerprint density at radius 3 is 2.52 bits per heavy atom. The summed E-state index contributed by atoms with van der Waals surface area (Å²) < 4.78 is 0. The Morgan fingerprint density at radius 1 is 1.21 bits per heavy atom. The van der Waals surface area contributed by atoms with Gasteiger partial charge in [0.1, 0.15) is 18.0 Å². The quantitative estimate of drug-likeness (QED) is 0.604. The van der Waals surface area contributed by atoms with E-state index in [9.17, 15) is 10.5 Å². The minimum absolute atomic E-state index is 0.0996. The fraction of sp³-hybridized carbons (Fsp3) is 0.393. The van der Waals surface area contributed by atoms with Crippen LogP contribution in [0.25, 0.3) is 17.2 Å². The molecule has 0 bridgehead atoms. The highest BCUT2D eigenvalue weighted by Crippen LogP contribution is 2.47. The number of nitrogen functional groups attached to an aromatic ring is 1. The molecule has 0 radical (unpaired) electrons. The molecule has 168 valence electrons. The molecule has 0 saturated heterocycles. The van der Waals surface area contributed by atoms with Crippen molar-refractivity contribution in [2.75, 3.05) is 10.6 Å². The smallest absolute Gasteiger partial charge is 0.142 e. The second-order valence-corrected chi connectivity index (χ2v) is 10.2. The lowest BCUT2D eigenvalue weighted by atomic mass is 9.78. The van der Waals surface area contributed by atoms with Gasteiger partial charge in [0, 0.05) is 22.8 Å². The Balaban J connectivity index is 1.91. The maximum absolute atomic E-state index is 9.81. The van der Waals surface area contributed by atoms with Gasteiger partial charge in [-0.25, -0.2) is 4.98 Å². The van der Waals surface area contributed by atoms with Gasteiger partial charge in [-0.3, -0.25) is 0 Å². The van der Waals surface area contributed by atoms with Gasteiger partial charge >= 0.3 is 0 Å². The number of allylic oxidation sites excluding steroid dienone is 3. The SMILES string of the molecule is CC1=C(C#N)c2nc(N)c(C#N)c(C)c2/C1=C\c1ccc2c(c1)[C@H](C)CC(C)(C)N2C(C)C. The fourth-order valence-corrected chi connectivity index (χ4v) is 5.90. The Labute approximate surface area is 196 Å². The molecule has 1 aliphatic heterocycles. The first-order valence-corrected chi connectivity index (χ1v) is 11.5. The fourth-order valence-electron chi connectivity index (χ4n) is 5.90. The number of nitrogens with zero attached hydrogens (tertiary/aromatic N) is 4. The third-order valence-electron chi connectivity index (χ3n) is 7.11. The molecule has 2 aromatic rings. The number of benzene rings is 1. The van der Waals surface area contributed by atoms with Crippen molar-refractivity contribution in [1.82, 2.24) is 4.98 Å². The van der Waals surface area contributed by atoms with E-state index in [1.54, 1.807) is 0 Å². The molecule has 1 aromatic heterocycles. The lowest BCUT2D eigenvalue weighted by Crippen LogP contribution is -2.51. The lowest BCUT2D eigenvalue weighted by Gasteiger charge is -2.50. The maximum Gasteiger partial charge on any atom is 0.142 e. The zero-order valence-electron chi connectivity index (χ0n) is 20.5. The van der Waals surface area contributed by atoms with Crippen molar-refractivity contribution in [2.45, 2.75) is 72.4 Å². The summed E-state index contributed by atoms with van der Waals surface area (Å²) in [5, 5.41) is 19.4. The summed E-state index contributed by atoms with van der Waals surface area (Å²) in [6, 6.07) is 11.5. The first kappa shape index (κ1) is 22.6. The molecule has 2 N–H and O–H groups in total. The maximum atomic E-state index is 9.81. The molecule has 0 fully saturated rings. The minimum Gasteiger partial charge on any atom is -0.383 e. The second-order valence-electron chi connectivity index (χ2n) is 10.2. The Kier molecular flexibility index (Phi) is 5.33. The van der Waals surface area contributed by atoms with E-state index in [1.165, 1.54) is 11.3 Å². The number of rotatable bonds is 2. The van der Waals surface area contributed by atoms with Gasteiger partial charge in [-0.05, 0) is 99.9 Å². The monoisotopic (exact) mass is 437 g/mol. The van der Waals surface area contributed by atoms with Crippen molar-refractivity contribution < 1.29 is 0 Å². The molecule has 0 saturated carbocycles. The Morgan fingerprint density at radius 2 is 1.91 bits per heavy atom. The summed E-state index contributed by atoms with van der Waals surface area (Å²) in [4.78, 5) is 6.96. The van der Waals surface area contributed by atoms with Crippen LogP contribution in [0.15, 0.2) is 23.8 Å². The standard InChI is InChI=1S/C28H31N5/c1-15(2)33-24-9-8-19(10-20(24)16(3)12-28(33,6)7)11-21-17(4)22(13-29)26-25(21)18(5)23(14-30)27(31)32-26/h8-11,15-16H,12H2,1-7H3,(H2,31,32)/b21-11-/t16-/m1/s1. The van der Waals surface area contributed by atoms with Crippen molar-refractivity contribution in [2.24, 2.45) is 0 Å². The first-order chi connectivity index (χ1) is 15.5. The number of nitrogens with two attached hydrogens (primary N) is 1. The van der Waals surface area contributed by atoms with Gasteiger partial charge in [0.05, 0.1) is 16.8 Å². The second kappa shape index (κ2) is 7.78. The normalized spacial score (nSPS) is 20.0. The molecule has 2 aliphatic rings. The summed E-state index contributed by atoms with van der Waals surface area (Å²) in [5.41, 5.74) is 14.7.